The van der Waals surface area contributed by atoms with Crippen LogP contribution in [-0.2, 0) is 19.6 Å². The van der Waals surface area contributed by atoms with Gasteiger partial charge < -0.3 is 14.8 Å². The Hall–Kier alpha value is -3.93. The van der Waals surface area contributed by atoms with Gasteiger partial charge in [-0.05, 0) is 61.2 Å². The van der Waals surface area contributed by atoms with Crippen LogP contribution in [0.1, 0.15) is 33.9 Å². The number of alkyl halides is 3. The molecule has 2 heterocycles. The van der Waals surface area contributed by atoms with Crippen LogP contribution in [-0.4, -0.2) is 32.2 Å². The van der Waals surface area contributed by atoms with Gasteiger partial charge in [0, 0.05) is 23.8 Å². The molecule has 0 saturated carbocycles. The van der Waals surface area contributed by atoms with Gasteiger partial charge in [0.05, 0.1) is 6.20 Å². The van der Waals surface area contributed by atoms with Crippen molar-refractivity contribution in [3.05, 3.63) is 82.6 Å². The van der Waals surface area contributed by atoms with Crippen molar-refractivity contribution in [1.82, 2.24) is 20.0 Å². The van der Waals surface area contributed by atoms with Gasteiger partial charge in [-0.3, -0.25) is 9.48 Å². The van der Waals surface area contributed by atoms with Crippen molar-refractivity contribution in [3.8, 4) is 11.5 Å². The van der Waals surface area contributed by atoms with Crippen molar-refractivity contribution in [2.45, 2.75) is 38.8 Å². The van der Waals surface area contributed by atoms with E-state index in [-0.39, 0.29) is 18.1 Å². The minimum absolute atomic E-state index is 0.190. The maximum atomic E-state index is 12.4. The molecular formula is C24H22F3N5O3S. The first kappa shape index (κ1) is 25.2. The largest absolute Gasteiger partial charge is 0.573 e. The van der Waals surface area contributed by atoms with E-state index < -0.39 is 12.3 Å². The zero-order valence-corrected chi connectivity index (χ0v) is 19.8. The van der Waals surface area contributed by atoms with Gasteiger partial charge in [0.2, 0.25) is 0 Å². The van der Waals surface area contributed by atoms with Gasteiger partial charge >= 0.3 is 6.36 Å². The summed E-state index contributed by atoms with van der Waals surface area (Å²) >= 11 is 1.28. The Morgan fingerprint density at radius 1 is 1.03 bits per heavy atom. The van der Waals surface area contributed by atoms with E-state index in [1.165, 1.54) is 29.0 Å². The first-order valence-electron chi connectivity index (χ1n) is 11.0. The molecular weight excluding hydrogens is 495 g/mol. The van der Waals surface area contributed by atoms with Crippen LogP contribution in [0.15, 0.2) is 66.3 Å². The van der Waals surface area contributed by atoms with Gasteiger partial charge in [-0.15, -0.1) is 29.6 Å². The van der Waals surface area contributed by atoms with Gasteiger partial charge in [-0.25, -0.2) is 4.98 Å². The van der Waals surface area contributed by atoms with Crippen molar-refractivity contribution in [1.29, 1.82) is 0 Å². The van der Waals surface area contributed by atoms with Crippen LogP contribution < -0.4 is 14.8 Å². The van der Waals surface area contributed by atoms with Crippen molar-refractivity contribution in [2.75, 3.05) is 5.32 Å². The van der Waals surface area contributed by atoms with E-state index in [9.17, 15) is 18.0 Å². The Labute approximate surface area is 208 Å². The van der Waals surface area contributed by atoms with Crippen molar-refractivity contribution >= 4 is 22.9 Å². The van der Waals surface area contributed by atoms with E-state index >= 15 is 0 Å². The Kier molecular flexibility index (Phi) is 8.16. The van der Waals surface area contributed by atoms with E-state index in [1.807, 2.05) is 35.1 Å². The van der Waals surface area contributed by atoms with Crippen molar-refractivity contribution in [2.24, 2.45) is 0 Å². The second-order valence-corrected chi connectivity index (χ2v) is 8.65. The molecule has 4 aromatic rings. The summed E-state index contributed by atoms with van der Waals surface area (Å²) < 4.78 is 48.2. The highest BCUT2D eigenvalue weighted by atomic mass is 32.1. The number of rotatable bonds is 11. The van der Waals surface area contributed by atoms with Crippen LogP contribution in [0.3, 0.4) is 0 Å². The second-order valence-electron chi connectivity index (χ2n) is 7.71. The summed E-state index contributed by atoms with van der Waals surface area (Å²) in [7, 11) is 0. The molecule has 0 saturated heterocycles. The average Bonchev–Trinajstić information content (AvgIpc) is 3.54. The summed E-state index contributed by atoms with van der Waals surface area (Å²) in [5.74, 6) is -0.149. The van der Waals surface area contributed by atoms with Crippen molar-refractivity contribution in [3.63, 3.8) is 0 Å². The lowest BCUT2D eigenvalue weighted by Crippen LogP contribution is -2.17. The van der Waals surface area contributed by atoms with E-state index in [0.29, 0.717) is 16.4 Å². The molecule has 0 spiro atoms. The molecule has 8 nitrogen and oxygen atoms in total. The first-order valence-corrected chi connectivity index (χ1v) is 11.9. The number of carbonyl (C=O) groups is 1. The third kappa shape index (κ3) is 7.80. The lowest BCUT2D eigenvalue weighted by atomic mass is 10.1. The molecule has 0 radical (unpaired) electrons. The van der Waals surface area contributed by atoms with E-state index in [2.05, 4.69) is 25.3 Å². The summed E-state index contributed by atoms with van der Waals surface area (Å²) in [5, 5.41) is 12.5. The average molecular weight is 518 g/mol. The predicted molar refractivity (Wildman–Crippen MR) is 127 cm³/mol. The monoisotopic (exact) mass is 517 g/mol. The zero-order chi connectivity index (χ0) is 25.4. The normalized spacial score (nSPS) is 11.3. The highest BCUT2D eigenvalue weighted by molar-refractivity contribution is 7.09. The third-order valence-corrected chi connectivity index (χ3v) is 5.81. The number of thiazole rings is 1. The molecule has 188 valence electrons. The van der Waals surface area contributed by atoms with E-state index in [4.69, 9.17) is 4.74 Å². The Morgan fingerprint density at radius 3 is 2.47 bits per heavy atom. The van der Waals surface area contributed by atoms with Gasteiger partial charge in [-0.2, -0.15) is 0 Å². The van der Waals surface area contributed by atoms with Gasteiger partial charge in [0.25, 0.3) is 5.91 Å². The number of halogens is 3. The maximum Gasteiger partial charge on any atom is 0.573 e. The molecule has 0 aliphatic carbocycles. The van der Waals surface area contributed by atoms with E-state index in [1.54, 1.807) is 11.6 Å². The molecule has 12 heteroatoms. The Balaban J connectivity index is 1.20. The number of nitrogens with zero attached hydrogens (tertiary/aromatic N) is 4. The number of ether oxygens (including phenoxy) is 2. The number of unbranched alkanes of at least 4 members (excludes halogenated alkanes) is 1. The molecule has 0 aliphatic rings. The number of anilines is 1. The molecule has 0 bridgehead atoms. The topological polar surface area (TPSA) is 91.2 Å². The predicted octanol–water partition coefficient (Wildman–Crippen LogP) is 5.49. The van der Waals surface area contributed by atoms with Crippen LogP contribution in [0, 0.1) is 0 Å². The quantitative estimate of drug-likeness (QED) is 0.265. The molecule has 4 rings (SSSR count). The number of aromatic nitrogens is 4. The fourth-order valence-electron chi connectivity index (χ4n) is 3.27. The minimum atomic E-state index is -4.77. The van der Waals surface area contributed by atoms with Gasteiger partial charge in [0.1, 0.15) is 28.8 Å². The fourth-order valence-corrected chi connectivity index (χ4v) is 3.95. The maximum absolute atomic E-state index is 12.4. The molecule has 36 heavy (non-hydrogen) atoms. The van der Waals surface area contributed by atoms with Crippen LogP contribution in [0.25, 0.3) is 0 Å². The standard InChI is InChI=1S/C24H22F3N5O3S/c25-24(26,27)35-20-10-6-18(7-11-20)29-23(33)21-16-36-22(30-21)15-34-19-8-4-17(5-9-19)3-1-2-13-32-14-12-28-31-32/h4-12,14,16H,1-3,13,15H2,(H,29,33). The number of amides is 1. The van der Waals surface area contributed by atoms with Crippen LogP contribution in [0.5, 0.6) is 11.5 Å². The number of nitrogens with one attached hydrogen (secondary N) is 1. The molecule has 2 aromatic carbocycles. The molecule has 0 fully saturated rings. The molecule has 2 aromatic heterocycles. The number of carbonyl (C=O) groups excluding carboxylic acids is 1. The summed E-state index contributed by atoms with van der Waals surface area (Å²) in [4.78, 5) is 16.7. The summed E-state index contributed by atoms with van der Waals surface area (Å²) in [5.41, 5.74) is 1.72. The van der Waals surface area contributed by atoms with Crippen molar-refractivity contribution < 1.29 is 27.4 Å². The van der Waals surface area contributed by atoms with Crippen LogP contribution in [0.4, 0.5) is 18.9 Å². The molecule has 1 amide bonds. The zero-order valence-electron chi connectivity index (χ0n) is 18.9. The number of hydrogen-bond acceptors (Lipinski definition) is 7. The van der Waals surface area contributed by atoms with E-state index in [0.717, 1.165) is 37.9 Å². The lowest BCUT2D eigenvalue weighted by Gasteiger charge is -2.09. The van der Waals surface area contributed by atoms with Crippen LogP contribution in [0.2, 0.25) is 0 Å². The highest BCUT2D eigenvalue weighted by Crippen LogP contribution is 2.24. The van der Waals surface area contributed by atoms with Crippen LogP contribution >= 0.6 is 11.3 Å². The smallest absolute Gasteiger partial charge is 0.486 e. The Bertz CT molecular complexity index is 1240. The summed E-state index contributed by atoms with van der Waals surface area (Å²) in [6, 6.07) is 12.7. The molecule has 0 unspecified atom stereocenters. The molecule has 0 atom stereocenters. The molecule has 1 N–H and O–H groups in total. The molecule has 0 aliphatic heterocycles. The highest BCUT2D eigenvalue weighted by Gasteiger charge is 2.31. The van der Waals surface area contributed by atoms with Gasteiger partial charge in [-0.1, -0.05) is 17.3 Å². The third-order valence-electron chi connectivity index (χ3n) is 4.99. The lowest BCUT2D eigenvalue weighted by molar-refractivity contribution is -0.274. The number of benzene rings is 2. The first-order chi connectivity index (χ1) is 17.3. The SMILES string of the molecule is O=C(Nc1ccc(OC(F)(F)F)cc1)c1csc(COc2ccc(CCCCn3ccnn3)cc2)n1. The van der Waals surface area contributed by atoms with Gasteiger partial charge in [0.15, 0.2) is 0 Å². The fraction of sp³-hybridized carbons (Fsp3) is 0.250. The summed E-state index contributed by atoms with van der Waals surface area (Å²) in [6.45, 7) is 1.05. The number of hydrogen-bond donors (Lipinski definition) is 1. The number of aryl methyl sites for hydroxylation is 2. The Morgan fingerprint density at radius 2 is 1.78 bits per heavy atom. The minimum Gasteiger partial charge on any atom is -0.486 e. The summed E-state index contributed by atoms with van der Waals surface area (Å²) in [6.07, 6.45) is 1.75. The second kappa shape index (κ2) is 11.7.